The third-order valence-electron chi connectivity index (χ3n) is 2.50. The van der Waals surface area contributed by atoms with Crippen LogP contribution in [-0.2, 0) is 14.3 Å². The monoisotopic (exact) mass is 246 g/mol. The molecule has 0 aromatic carbocycles. The Morgan fingerprint density at radius 1 is 1.35 bits per heavy atom. The topological polar surface area (TPSA) is 102 Å². The molecule has 17 heavy (non-hydrogen) atoms. The van der Waals surface area contributed by atoms with Crippen LogP contribution in [0.2, 0.25) is 0 Å². The van der Waals surface area contributed by atoms with Crippen LogP contribution in [0.3, 0.4) is 0 Å². The number of nitrogens with one attached hydrogen (secondary N) is 1. The quantitative estimate of drug-likeness (QED) is 0.585. The van der Waals surface area contributed by atoms with Crippen molar-refractivity contribution in [3.05, 3.63) is 0 Å². The van der Waals surface area contributed by atoms with Gasteiger partial charge in [0.25, 0.3) is 0 Å². The molecule has 0 radical (unpaired) electrons. The summed E-state index contributed by atoms with van der Waals surface area (Å²) in [5.74, 6) is -1.39. The molecule has 1 amide bonds. The average Bonchev–Trinajstić information content (AvgIpc) is 2.25. The van der Waals surface area contributed by atoms with E-state index in [1.165, 1.54) is 7.11 Å². The van der Waals surface area contributed by atoms with Crippen molar-refractivity contribution in [3.8, 4) is 0 Å². The molecule has 0 saturated heterocycles. The van der Waals surface area contributed by atoms with Crippen LogP contribution < -0.4 is 11.1 Å². The number of amides is 1. The van der Waals surface area contributed by atoms with Gasteiger partial charge in [0.15, 0.2) is 0 Å². The maximum absolute atomic E-state index is 11.7. The van der Waals surface area contributed by atoms with Gasteiger partial charge >= 0.3 is 5.97 Å². The Balaban J connectivity index is 4.45. The van der Waals surface area contributed by atoms with Crippen molar-refractivity contribution < 1.29 is 19.4 Å². The molecule has 0 saturated carbocycles. The minimum Gasteiger partial charge on any atom is -0.480 e. The number of hydrogen-bond donors (Lipinski definition) is 3. The summed E-state index contributed by atoms with van der Waals surface area (Å²) in [7, 11) is 1.45. The van der Waals surface area contributed by atoms with E-state index in [1.54, 1.807) is 6.92 Å². The van der Waals surface area contributed by atoms with Crippen molar-refractivity contribution in [2.24, 2.45) is 11.7 Å². The fourth-order valence-corrected chi connectivity index (χ4v) is 1.32. The number of carboxylic acid groups (broad SMARTS) is 1. The maximum atomic E-state index is 11.7. The smallest absolute Gasteiger partial charge is 0.326 e. The Morgan fingerprint density at radius 3 is 2.24 bits per heavy atom. The Labute approximate surface area is 102 Å². The lowest BCUT2D eigenvalue weighted by Crippen LogP contribution is -2.52. The zero-order valence-electron chi connectivity index (χ0n) is 10.8. The second kappa shape index (κ2) is 7.24. The Hall–Kier alpha value is -1.14. The van der Waals surface area contributed by atoms with Crippen LogP contribution in [0.15, 0.2) is 0 Å². The van der Waals surface area contributed by atoms with Gasteiger partial charge < -0.3 is 20.9 Å². The number of nitrogens with two attached hydrogens (primary N) is 1. The number of carboxylic acids is 1. The minimum absolute atomic E-state index is 0.174. The van der Waals surface area contributed by atoms with Gasteiger partial charge in [-0.15, -0.1) is 0 Å². The molecule has 0 aromatic heterocycles. The molecule has 0 aromatic rings. The first-order chi connectivity index (χ1) is 7.79. The number of hydrogen-bond acceptors (Lipinski definition) is 4. The van der Waals surface area contributed by atoms with E-state index in [1.807, 2.05) is 13.8 Å². The number of carbonyl (C=O) groups excluding carboxylic acids is 1. The minimum atomic E-state index is -1.05. The summed E-state index contributed by atoms with van der Waals surface area (Å²) < 4.78 is 4.92. The summed E-state index contributed by atoms with van der Waals surface area (Å²) in [4.78, 5) is 22.6. The van der Waals surface area contributed by atoms with Gasteiger partial charge in [-0.1, -0.05) is 13.8 Å². The third kappa shape index (κ3) is 5.65. The second-order valence-electron chi connectivity index (χ2n) is 4.50. The predicted octanol–water partition coefficient (Wildman–Crippen LogP) is -0.0359. The van der Waals surface area contributed by atoms with Crippen LogP contribution in [0.5, 0.6) is 0 Å². The number of rotatable bonds is 7. The van der Waals surface area contributed by atoms with E-state index < -0.39 is 30.1 Å². The lowest BCUT2D eigenvalue weighted by molar-refractivity contribution is -0.143. The molecule has 3 unspecified atom stereocenters. The van der Waals surface area contributed by atoms with E-state index in [0.29, 0.717) is 6.42 Å². The molecule has 0 heterocycles. The van der Waals surface area contributed by atoms with E-state index in [0.717, 1.165) is 0 Å². The number of ether oxygens (including phenoxy) is 1. The van der Waals surface area contributed by atoms with Gasteiger partial charge in [-0.25, -0.2) is 4.79 Å². The Morgan fingerprint density at radius 2 is 1.88 bits per heavy atom. The van der Waals surface area contributed by atoms with Gasteiger partial charge in [-0.05, 0) is 19.3 Å². The van der Waals surface area contributed by atoms with Crippen molar-refractivity contribution in [3.63, 3.8) is 0 Å². The zero-order valence-corrected chi connectivity index (χ0v) is 10.8. The predicted molar refractivity (Wildman–Crippen MR) is 63.5 cm³/mol. The molecular formula is C11H22N2O4. The van der Waals surface area contributed by atoms with Crippen LogP contribution in [0.25, 0.3) is 0 Å². The first-order valence-corrected chi connectivity index (χ1v) is 5.61. The Kier molecular flexibility index (Phi) is 6.75. The summed E-state index contributed by atoms with van der Waals surface area (Å²) >= 11 is 0. The second-order valence-corrected chi connectivity index (χ2v) is 4.50. The highest BCUT2D eigenvalue weighted by atomic mass is 16.5. The van der Waals surface area contributed by atoms with Crippen molar-refractivity contribution in [2.75, 3.05) is 7.11 Å². The SMILES string of the molecule is COC(C)C(N)C(=O)NC(CC(C)C)C(=O)O. The molecule has 0 bridgehead atoms. The molecule has 0 fully saturated rings. The summed E-state index contributed by atoms with van der Waals surface area (Å²) in [6, 6.07) is -1.77. The Bertz CT molecular complexity index is 268. The summed E-state index contributed by atoms with van der Waals surface area (Å²) in [5.41, 5.74) is 5.62. The molecule has 6 nitrogen and oxygen atoms in total. The highest BCUT2D eigenvalue weighted by molar-refractivity contribution is 5.87. The van der Waals surface area contributed by atoms with E-state index >= 15 is 0 Å². The lowest BCUT2D eigenvalue weighted by Gasteiger charge is -2.21. The fourth-order valence-electron chi connectivity index (χ4n) is 1.32. The molecule has 6 heteroatoms. The van der Waals surface area contributed by atoms with E-state index in [-0.39, 0.29) is 5.92 Å². The molecule has 0 aliphatic heterocycles. The number of carbonyl (C=O) groups is 2. The molecule has 0 aliphatic carbocycles. The van der Waals surface area contributed by atoms with Crippen LogP contribution in [-0.4, -0.2) is 42.3 Å². The molecule has 3 atom stereocenters. The van der Waals surface area contributed by atoms with Crippen molar-refractivity contribution in [1.29, 1.82) is 0 Å². The van der Waals surface area contributed by atoms with Crippen molar-refractivity contribution in [1.82, 2.24) is 5.32 Å². The van der Waals surface area contributed by atoms with Gasteiger partial charge in [0, 0.05) is 7.11 Å². The van der Waals surface area contributed by atoms with Gasteiger partial charge in [0.05, 0.1) is 6.10 Å². The van der Waals surface area contributed by atoms with Gasteiger partial charge in [-0.3, -0.25) is 4.79 Å². The molecule has 0 spiro atoms. The van der Waals surface area contributed by atoms with Crippen LogP contribution >= 0.6 is 0 Å². The molecule has 4 N–H and O–H groups in total. The summed E-state index contributed by atoms with van der Waals surface area (Å²) in [6.45, 7) is 5.43. The van der Waals surface area contributed by atoms with Crippen LogP contribution in [0, 0.1) is 5.92 Å². The third-order valence-corrected chi connectivity index (χ3v) is 2.50. The normalized spacial score (nSPS) is 16.4. The summed E-state index contributed by atoms with van der Waals surface area (Å²) in [6.07, 6.45) is -0.0849. The molecule has 100 valence electrons. The zero-order chi connectivity index (χ0) is 13.6. The summed E-state index contributed by atoms with van der Waals surface area (Å²) in [5, 5.41) is 11.4. The van der Waals surface area contributed by atoms with Crippen LogP contribution in [0.4, 0.5) is 0 Å². The molecule has 0 aliphatic rings. The standard InChI is InChI=1S/C11H22N2O4/c1-6(2)5-8(11(15)16)13-10(14)9(12)7(3)17-4/h6-9H,5,12H2,1-4H3,(H,13,14)(H,15,16). The van der Waals surface area contributed by atoms with Gasteiger partial charge in [-0.2, -0.15) is 0 Å². The fraction of sp³-hybridized carbons (Fsp3) is 0.818. The van der Waals surface area contributed by atoms with Crippen molar-refractivity contribution >= 4 is 11.9 Å². The highest BCUT2D eigenvalue weighted by Crippen LogP contribution is 2.05. The molecule has 0 rings (SSSR count). The molecular weight excluding hydrogens is 224 g/mol. The van der Waals surface area contributed by atoms with Gasteiger partial charge in [0.2, 0.25) is 5.91 Å². The number of methoxy groups -OCH3 is 1. The first kappa shape index (κ1) is 15.9. The van der Waals surface area contributed by atoms with Crippen LogP contribution in [0.1, 0.15) is 27.2 Å². The number of aliphatic carboxylic acids is 1. The largest absolute Gasteiger partial charge is 0.480 e. The van der Waals surface area contributed by atoms with E-state index in [2.05, 4.69) is 5.32 Å². The van der Waals surface area contributed by atoms with E-state index in [9.17, 15) is 9.59 Å². The lowest BCUT2D eigenvalue weighted by atomic mass is 10.0. The van der Waals surface area contributed by atoms with Gasteiger partial charge in [0.1, 0.15) is 12.1 Å². The first-order valence-electron chi connectivity index (χ1n) is 5.61. The average molecular weight is 246 g/mol. The maximum Gasteiger partial charge on any atom is 0.326 e. The van der Waals surface area contributed by atoms with E-state index in [4.69, 9.17) is 15.6 Å². The highest BCUT2D eigenvalue weighted by Gasteiger charge is 2.26. The van der Waals surface area contributed by atoms with Crippen molar-refractivity contribution in [2.45, 2.75) is 45.4 Å².